The van der Waals surface area contributed by atoms with Crippen LogP contribution in [0.4, 0.5) is 10.1 Å². The lowest BCUT2D eigenvalue weighted by atomic mass is 10.1. The minimum Gasteiger partial charge on any atom is -0.393 e. The molecule has 152 valence electrons. The highest BCUT2D eigenvalue weighted by Crippen LogP contribution is 2.24. The van der Waals surface area contributed by atoms with Crippen molar-refractivity contribution in [3.8, 4) is 0 Å². The van der Waals surface area contributed by atoms with E-state index in [0.29, 0.717) is 38.2 Å². The topological polar surface area (TPSA) is 59.9 Å². The van der Waals surface area contributed by atoms with Crippen LogP contribution < -0.4 is 15.5 Å². The van der Waals surface area contributed by atoms with E-state index in [9.17, 15) is 9.50 Å². The smallest absolute Gasteiger partial charge is 0.192 e. The number of hydrogen-bond acceptors (Lipinski definition) is 4. The van der Waals surface area contributed by atoms with Gasteiger partial charge in [-0.2, -0.15) is 0 Å². The van der Waals surface area contributed by atoms with Gasteiger partial charge in [0.1, 0.15) is 5.82 Å². The van der Waals surface area contributed by atoms with Crippen LogP contribution >= 0.6 is 11.3 Å². The summed E-state index contributed by atoms with van der Waals surface area (Å²) in [5.41, 5.74) is 1.44. The molecule has 0 amide bonds. The van der Waals surface area contributed by atoms with Crippen molar-refractivity contribution in [3.05, 3.63) is 52.0 Å². The fourth-order valence-electron chi connectivity index (χ4n) is 3.32. The van der Waals surface area contributed by atoms with Gasteiger partial charge in [0.25, 0.3) is 0 Å². The zero-order chi connectivity index (χ0) is 19.9. The van der Waals surface area contributed by atoms with Crippen molar-refractivity contribution in [3.63, 3.8) is 0 Å². The van der Waals surface area contributed by atoms with Gasteiger partial charge in [-0.3, -0.25) is 0 Å². The van der Waals surface area contributed by atoms with Crippen LogP contribution in [-0.2, 0) is 6.54 Å². The van der Waals surface area contributed by atoms with Crippen LogP contribution in [0, 0.1) is 5.82 Å². The highest BCUT2D eigenvalue weighted by atomic mass is 32.1. The lowest BCUT2D eigenvalue weighted by molar-refractivity contribution is 0.145. The van der Waals surface area contributed by atoms with Gasteiger partial charge in [-0.15, -0.1) is 11.3 Å². The average molecular weight is 405 g/mol. The summed E-state index contributed by atoms with van der Waals surface area (Å²) in [6, 6.07) is 9.61. The summed E-state index contributed by atoms with van der Waals surface area (Å²) in [6.45, 7) is 6.66. The first kappa shape index (κ1) is 20.6. The summed E-state index contributed by atoms with van der Waals surface area (Å²) in [7, 11) is 0. The quantitative estimate of drug-likeness (QED) is 0.508. The van der Waals surface area contributed by atoms with Crippen molar-refractivity contribution >= 4 is 23.0 Å². The number of guanidine groups is 1. The maximum Gasteiger partial charge on any atom is 0.192 e. The Hall–Kier alpha value is -2.12. The summed E-state index contributed by atoms with van der Waals surface area (Å²) in [5.74, 6) is 0.493. The van der Waals surface area contributed by atoms with E-state index in [1.165, 1.54) is 4.88 Å². The minimum atomic E-state index is -0.263. The Bertz CT molecular complexity index is 773. The number of nitrogens with one attached hydrogen (secondary N) is 2. The molecule has 1 atom stereocenters. The van der Waals surface area contributed by atoms with E-state index in [1.807, 2.05) is 30.0 Å². The zero-order valence-corrected chi connectivity index (χ0v) is 17.3. The molecule has 5 nitrogen and oxygen atoms in total. The Morgan fingerprint density at radius 2 is 2.14 bits per heavy atom. The number of rotatable bonds is 6. The fourth-order valence-corrected chi connectivity index (χ4v) is 4.05. The summed E-state index contributed by atoms with van der Waals surface area (Å²) in [4.78, 5) is 7.86. The van der Waals surface area contributed by atoms with Gasteiger partial charge in [-0.25, -0.2) is 9.38 Å². The molecule has 0 spiro atoms. The van der Waals surface area contributed by atoms with Crippen molar-refractivity contribution in [1.29, 1.82) is 0 Å². The Morgan fingerprint density at radius 3 is 2.79 bits per heavy atom. The predicted octanol–water partition coefficient (Wildman–Crippen LogP) is 3.66. The number of nitrogens with zero attached hydrogens (tertiary/aromatic N) is 2. The molecule has 1 aliphatic rings. The second kappa shape index (κ2) is 9.89. The highest BCUT2D eigenvalue weighted by molar-refractivity contribution is 7.10. The summed E-state index contributed by atoms with van der Waals surface area (Å²) < 4.78 is 14.6. The summed E-state index contributed by atoms with van der Waals surface area (Å²) >= 11 is 1.71. The molecule has 3 rings (SSSR count). The number of piperidine rings is 1. The second-order valence-electron chi connectivity index (χ2n) is 7.08. The van der Waals surface area contributed by atoms with Gasteiger partial charge >= 0.3 is 0 Å². The molecule has 28 heavy (non-hydrogen) atoms. The number of aliphatic imine (C=N–C) groups is 1. The molecule has 0 radical (unpaired) electrons. The highest BCUT2D eigenvalue weighted by Gasteiger charge is 2.19. The van der Waals surface area contributed by atoms with E-state index in [1.54, 1.807) is 17.4 Å². The average Bonchev–Trinajstić information content (AvgIpc) is 3.22. The lowest BCUT2D eigenvalue weighted by Gasteiger charge is -2.31. The van der Waals surface area contributed by atoms with Gasteiger partial charge in [0.05, 0.1) is 24.4 Å². The Balaban J connectivity index is 1.64. The monoisotopic (exact) mass is 404 g/mol. The molecule has 1 unspecified atom stereocenters. The van der Waals surface area contributed by atoms with Crippen LogP contribution in [0.15, 0.2) is 40.7 Å². The van der Waals surface area contributed by atoms with Crippen LogP contribution in [0.25, 0.3) is 0 Å². The van der Waals surface area contributed by atoms with E-state index < -0.39 is 0 Å². The van der Waals surface area contributed by atoms with Crippen molar-refractivity contribution < 1.29 is 9.50 Å². The molecule has 0 saturated carbocycles. The first-order valence-electron chi connectivity index (χ1n) is 9.86. The molecule has 1 saturated heterocycles. The third-order valence-electron chi connectivity index (χ3n) is 4.90. The Morgan fingerprint density at radius 1 is 1.36 bits per heavy atom. The first-order chi connectivity index (χ1) is 13.6. The van der Waals surface area contributed by atoms with Crippen LogP contribution in [-0.4, -0.2) is 36.8 Å². The molecule has 7 heteroatoms. The molecule has 2 aromatic rings. The number of halogens is 1. The van der Waals surface area contributed by atoms with E-state index in [-0.39, 0.29) is 18.0 Å². The number of thiophene rings is 1. The normalized spacial score (nSPS) is 16.9. The maximum absolute atomic E-state index is 14.6. The molecule has 1 aromatic heterocycles. The van der Waals surface area contributed by atoms with E-state index >= 15 is 0 Å². The lowest BCUT2D eigenvalue weighted by Crippen LogP contribution is -2.38. The summed E-state index contributed by atoms with van der Waals surface area (Å²) in [6.07, 6.45) is 1.11. The number of aliphatic hydroxyl groups excluding tert-OH is 1. The molecular weight excluding hydrogens is 375 g/mol. The van der Waals surface area contributed by atoms with Crippen LogP contribution in [0.5, 0.6) is 0 Å². The van der Waals surface area contributed by atoms with Crippen molar-refractivity contribution in [2.45, 2.75) is 45.4 Å². The molecule has 0 bridgehead atoms. The van der Waals surface area contributed by atoms with Crippen LogP contribution in [0.2, 0.25) is 0 Å². The second-order valence-corrected chi connectivity index (χ2v) is 8.06. The van der Waals surface area contributed by atoms with Crippen molar-refractivity contribution in [1.82, 2.24) is 10.6 Å². The molecule has 0 aliphatic carbocycles. The minimum absolute atomic E-state index is 0.159. The number of anilines is 1. The van der Waals surface area contributed by atoms with Gasteiger partial charge in [-0.05, 0) is 55.8 Å². The Kier molecular flexibility index (Phi) is 7.28. The fraction of sp³-hybridized carbons (Fsp3) is 0.476. The van der Waals surface area contributed by atoms with Crippen molar-refractivity contribution in [2.24, 2.45) is 4.99 Å². The van der Waals surface area contributed by atoms with E-state index in [0.717, 1.165) is 18.1 Å². The van der Waals surface area contributed by atoms with Crippen molar-refractivity contribution in [2.75, 3.05) is 24.5 Å². The number of aliphatic hydroxyl groups is 1. The Labute approximate surface area is 170 Å². The number of hydrogen-bond donors (Lipinski definition) is 3. The van der Waals surface area contributed by atoms with E-state index in [2.05, 4.69) is 34.0 Å². The molecule has 1 aromatic carbocycles. The largest absolute Gasteiger partial charge is 0.393 e. The molecule has 1 fully saturated rings. The standard InChI is InChI=1S/C21H29FN4OS/c1-3-23-21(25-15(2)20-5-4-12-28-20)24-14-16-6-7-19(18(22)13-16)26-10-8-17(27)9-11-26/h4-7,12-13,15,17,27H,3,8-11,14H2,1-2H3,(H2,23,24,25). The third kappa shape index (κ3) is 5.45. The van der Waals surface area contributed by atoms with Crippen LogP contribution in [0.3, 0.4) is 0 Å². The molecule has 1 aliphatic heterocycles. The van der Waals surface area contributed by atoms with Crippen LogP contribution in [0.1, 0.15) is 43.2 Å². The molecular formula is C21H29FN4OS. The predicted molar refractivity (Wildman–Crippen MR) is 115 cm³/mol. The maximum atomic E-state index is 14.6. The first-order valence-corrected chi connectivity index (χ1v) is 10.7. The SMILES string of the molecule is CCNC(=NCc1ccc(N2CCC(O)CC2)c(F)c1)NC(C)c1cccs1. The van der Waals surface area contributed by atoms with Gasteiger partial charge in [-0.1, -0.05) is 12.1 Å². The van der Waals surface area contributed by atoms with E-state index in [4.69, 9.17) is 0 Å². The molecule has 2 heterocycles. The van der Waals surface area contributed by atoms with Gasteiger partial charge in [0, 0.05) is 24.5 Å². The third-order valence-corrected chi connectivity index (χ3v) is 5.96. The number of benzene rings is 1. The zero-order valence-electron chi connectivity index (χ0n) is 16.5. The summed E-state index contributed by atoms with van der Waals surface area (Å²) in [5, 5.41) is 18.3. The van der Waals surface area contributed by atoms with Gasteiger partial charge in [0.15, 0.2) is 5.96 Å². The van der Waals surface area contributed by atoms with Gasteiger partial charge < -0.3 is 20.6 Å². The molecule has 3 N–H and O–H groups in total. The van der Waals surface area contributed by atoms with Gasteiger partial charge in [0.2, 0.25) is 0 Å².